The van der Waals surface area contributed by atoms with Gasteiger partial charge in [0.25, 0.3) is 5.56 Å². The van der Waals surface area contributed by atoms with Crippen molar-refractivity contribution in [3.05, 3.63) is 63.3 Å². The zero-order chi connectivity index (χ0) is 14.0. The molecule has 0 saturated carbocycles. The molecule has 0 aliphatic rings. The zero-order valence-corrected chi connectivity index (χ0v) is 10.8. The Labute approximate surface area is 110 Å². The van der Waals surface area contributed by atoms with Crippen LogP contribution in [0.5, 0.6) is 0 Å². The molecule has 0 radical (unpaired) electrons. The first-order valence-corrected chi connectivity index (χ1v) is 5.84. The number of aromatic nitrogens is 2. The molecular weight excluding hydrogens is 244 g/mol. The molecule has 5 nitrogen and oxygen atoms in total. The van der Waals surface area contributed by atoms with Crippen molar-refractivity contribution in [1.82, 2.24) is 9.55 Å². The number of aromatic carboxylic acids is 1. The standard InChI is InChI=1S/C14H14N2O3/c1-9-7-12(17)16(10(2)13(9)14(18)19)8-11-3-5-15-6-4-11/h3-7H,8H2,1-2H3,(H,18,19). The molecule has 2 aromatic rings. The quantitative estimate of drug-likeness (QED) is 0.907. The van der Waals surface area contributed by atoms with E-state index in [2.05, 4.69) is 4.98 Å². The lowest BCUT2D eigenvalue weighted by molar-refractivity contribution is 0.0694. The molecule has 0 aliphatic carbocycles. The topological polar surface area (TPSA) is 72.2 Å². The fourth-order valence-electron chi connectivity index (χ4n) is 2.11. The fraction of sp³-hybridized carbons (Fsp3) is 0.214. The van der Waals surface area contributed by atoms with E-state index in [0.717, 1.165) is 5.56 Å². The lowest BCUT2D eigenvalue weighted by atomic mass is 10.1. The van der Waals surface area contributed by atoms with Crippen LogP contribution in [0.4, 0.5) is 0 Å². The van der Waals surface area contributed by atoms with E-state index in [4.69, 9.17) is 0 Å². The van der Waals surface area contributed by atoms with E-state index in [1.54, 1.807) is 38.4 Å². The van der Waals surface area contributed by atoms with Gasteiger partial charge in [0.2, 0.25) is 0 Å². The van der Waals surface area contributed by atoms with Crippen LogP contribution in [-0.2, 0) is 6.54 Å². The van der Waals surface area contributed by atoms with E-state index in [9.17, 15) is 14.7 Å². The molecule has 0 aromatic carbocycles. The maximum atomic E-state index is 12.0. The number of rotatable bonds is 3. The van der Waals surface area contributed by atoms with Crippen LogP contribution in [0.1, 0.15) is 27.2 Å². The molecule has 0 aliphatic heterocycles. The third kappa shape index (κ3) is 2.54. The Bertz CT molecular complexity index is 675. The summed E-state index contributed by atoms with van der Waals surface area (Å²) in [5.74, 6) is -1.02. The molecule has 1 N–H and O–H groups in total. The second-order valence-corrected chi connectivity index (χ2v) is 4.37. The van der Waals surface area contributed by atoms with Gasteiger partial charge in [0.1, 0.15) is 0 Å². The van der Waals surface area contributed by atoms with E-state index in [0.29, 0.717) is 17.8 Å². The molecular formula is C14H14N2O3. The predicted octanol–water partition coefficient (Wildman–Crippen LogP) is 1.61. The van der Waals surface area contributed by atoms with Crippen LogP contribution in [0.2, 0.25) is 0 Å². The number of carboxylic acid groups (broad SMARTS) is 1. The third-order valence-corrected chi connectivity index (χ3v) is 3.07. The molecule has 0 atom stereocenters. The highest BCUT2D eigenvalue weighted by Crippen LogP contribution is 2.12. The van der Waals surface area contributed by atoms with Gasteiger partial charge in [-0.15, -0.1) is 0 Å². The lowest BCUT2D eigenvalue weighted by Crippen LogP contribution is -2.26. The van der Waals surface area contributed by atoms with Crippen LogP contribution in [0, 0.1) is 13.8 Å². The molecule has 0 amide bonds. The SMILES string of the molecule is Cc1cc(=O)n(Cc2ccncc2)c(C)c1C(=O)O. The Kier molecular flexibility index (Phi) is 3.46. The number of hydrogen-bond acceptors (Lipinski definition) is 3. The molecule has 2 aromatic heterocycles. The molecule has 19 heavy (non-hydrogen) atoms. The van der Waals surface area contributed by atoms with Gasteiger partial charge in [-0.1, -0.05) is 0 Å². The van der Waals surface area contributed by atoms with Crippen molar-refractivity contribution in [2.24, 2.45) is 0 Å². The van der Waals surface area contributed by atoms with Gasteiger partial charge in [0.15, 0.2) is 0 Å². The average Bonchev–Trinajstić information content (AvgIpc) is 2.35. The summed E-state index contributed by atoms with van der Waals surface area (Å²) in [5, 5.41) is 9.20. The average molecular weight is 258 g/mol. The first kappa shape index (κ1) is 13.0. The molecule has 0 bridgehead atoms. The summed E-state index contributed by atoms with van der Waals surface area (Å²) in [5.41, 5.74) is 1.85. The van der Waals surface area contributed by atoms with E-state index in [1.165, 1.54) is 10.6 Å². The predicted molar refractivity (Wildman–Crippen MR) is 70.5 cm³/mol. The van der Waals surface area contributed by atoms with Gasteiger partial charge in [-0.25, -0.2) is 4.79 Å². The third-order valence-electron chi connectivity index (χ3n) is 3.07. The van der Waals surface area contributed by atoms with Gasteiger partial charge in [-0.05, 0) is 37.1 Å². The van der Waals surface area contributed by atoms with Crippen molar-refractivity contribution >= 4 is 5.97 Å². The summed E-state index contributed by atoms with van der Waals surface area (Å²) >= 11 is 0. The Balaban J connectivity index is 2.55. The number of carbonyl (C=O) groups is 1. The molecule has 2 rings (SSSR count). The first-order chi connectivity index (χ1) is 9.00. The van der Waals surface area contributed by atoms with Gasteiger partial charge >= 0.3 is 5.97 Å². The summed E-state index contributed by atoms with van der Waals surface area (Å²) in [6.45, 7) is 3.63. The van der Waals surface area contributed by atoms with E-state index >= 15 is 0 Å². The minimum absolute atomic E-state index is 0.189. The lowest BCUT2D eigenvalue weighted by Gasteiger charge is -2.14. The fourth-order valence-corrected chi connectivity index (χ4v) is 2.11. The van der Waals surface area contributed by atoms with E-state index < -0.39 is 5.97 Å². The molecule has 0 fully saturated rings. The van der Waals surface area contributed by atoms with Crippen molar-refractivity contribution in [3.8, 4) is 0 Å². The smallest absolute Gasteiger partial charge is 0.337 e. The molecule has 98 valence electrons. The number of aryl methyl sites for hydroxylation is 1. The normalized spacial score (nSPS) is 10.4. The van der Waals surface area contributed by atoms with Crippen molar-refractivity contribution in [1.29, 1.82) is 0 Å². The molecule has 0 saturated heterocycles. The maximum Gasteiger partial charge on any atom is 0.337 e. The summed E-state index contributed by atoms with van der Waals surface area (Å²) in [6, 6.07) is 4.95. The number of pyridine rings is 2. The second-order valence-electron chi connectivity index (χ2n) is 4.37. The zero-order valence-electron chi connectivity index (χ0n) is 10.8. The molecule has 0 spiro atoms. The monoisotopic (exact) mass is 258 g/mol. The number of carboxylic acids is 1. The minimum atomic E-state index is -1.02. The van der Waals surface area contributed by atoms with E-state index in [1.807, 2.05) is 0 Å². The van der Waals surface area contributed by atoms with Crippen molar-refractivity contribution < 1.29 is 9.90 Å². The summed E-state index contributed by atoms with van der Waals surface area (Å²) in [4.78, 5) is 27.1. The van der Waals surface area contributed by atoms with Gasteiger partial charge in [-0.3, -0.25) is 9.78 Å². The van der Waals surface area contributed by atoms with Crippen molar-refractivity contribution in [3.63, 3.8) is 0 Å². The highest BCUT2D eigenvalue weighted by molar-refractivity contribution is 5.90. The molecule has 5 heteroatoms. The van der Waals surface area contributed by atoms with Gasteiger partial charge in [-0.2, -0.15) is 0 Å². The summed E-state index contributed by atoms with van der Waals surface area (Å²) in [6.07, 6.45) is 3.28. The highest BCUT2D eigenvalue weighted by Gasteiger charge is 2.15. The Morgan fingerprint density at radius 1 is 1.32 bits per heavy atom. The summed E-state index contributed by atoms with van der Waals surface area (Å²) < 4.78 is 1.46. The number of hydrogen-bond donors (Lipinski definition) is 1. The summed E-state index contributed by atoms with van der Waals surface area (Å²) in [7, 11) is 0. The Morgan fingerprint density at radius 3 is 2.53 bits per heavy atom. The second kappa shape index (κ2) is 5.06. The van der Waals surface area contributed by atoms with Crippen LogP contribution in [0.25, 0.3) is 0 Å². The largest absolute Gasteiger partial charge is 0.478 e. The molecule has 0 unspecified atom stereocenters. The van der Waals surface area contributed by atoms with Gasteiger partial charge in [0.05, 0.1) is 12.1 Å². The minimum Gasteiger partial charge on any atom is -0.478 e. The van der Waals surface area contributed by atoms with Gasteiger partial charge in [0, 0.05) is 24.2 Å². The molecule has 2 heterocycles. The van der Waals surface area contributed by atoms with Gasteiger partial charge < -0.3 is 9.67 Å². The Morgan fingerprint density at radius 2 is 1.95 bits per heavy atom. The van der Waals surface area contributed by atoms with Crippen LogP contribution in [-0.4, -0.2) is 20.6 Å². The van der Waals surface area contributed by atoms with Crippen LogP contribution in [0.15, 0.2) is 35.4 Å². The van der Waals surface area contributed by atoms with E-state index in [-0.39, 0.29) is 11.1 Å². The first-order valence-electron chi connectivity index (χ1n) is 5.84. The Hall–Kier alpha value is -2.43. The number of nitrogens with zero attached hydrogens (tertiary/aromatic N) is 2. The van der Waals surface area contributed by atoms with Crippen LogP contribution in [0.3, 0.4) is 0 Å². The van der Waals surface area contributed by atoms with Crippen molar-refractivity contribution in [2.45, 2.75) is 20.4 Å². The maximum absolute atomic E-state index is 12.0. The van der Waals surface area contributed by atoms with Crippen LogP contribution >= 0.6 is 0 Å². The van der Waals surface area contributed by atoms with Crippen LogP contribution < -0.4 is 5.56 Å². The highest BCUT2D eigenvalue weighted by atomic mass is 16.4. The van der Waals surface area contributed by atoms with Crippen molar-refractivity contribution in [2.75, 3.05) is 0 Å².